The number of carbonyl (C=O) groups is 1. The van der Waals surface area contributed by atoms with E-state index in [9.17, 15) is 19.3 Å². The number of aryl methyl sites for hydroxylation is 1. The second-order valence-electron chi connectivity index (χ2n) is 6.72. The van der Waals surface area contributed by atoms with Crippen molar-refractivity contribution < 1.29 is 18.8 Å². The Kier molecular flexibility index (Phi) is 5.77. The van der Waals surface area contributed by atoms with Gasteiger partial charge in [-0.05, 0) is 37.5 Å². The number of ether oxygens (including phenoxy) is 1. The predicted octanol–water partition coefficient (Wildman–Crippen LogP) is 3.83. The topological polar surface area (TPSA) is 84.7 Å². The Balaban J connectivity index is 1.71. The summed E-state index contributed by atoms with van der Waals surface area (Å²) in [6, 6.07) is 7.27. The van der Waals surface area contributed by atoms with Crippen LogP contribution in [0, 0.1) is 22.9 Å². The number of benzene rings is 2. The molecule has 8 heteroatoms. The van der Waals surface area contributed by atoms with Gasteiger partial charge in [0.25, 0.3) is 5.69 Å². The third-order valence-corrected chi connectivity index (χ3v) is 4.88. The SMILES string of the molecule is COc1ccc([N+](=O)[O-])cc1NC(=O)CCN1CCCc2c(F)ccc(C)c21. The number of anilines is 2. The lowest BCUT2D eigenvalue weighted by Gasteiger charge is -2.33. The van der Waals surface area contributed by atoms with Crippen LogP contribution in [0.3, 0.4) is 0 Å². The summed E-state index contributed by atoms with van der Waals surface area (Å²) in [6.45, 7) is 3.12. The van der Waals surface area contributed by atoms with Gasteiger partial charge in [-0.1, -0.05) is 6.07 Å². The molecule has 148 valence electrons. The number of hydrogen-bond donors (Lipinski definition) is 1. The minimum atomic E-state index is -0.531. The first-order valence-electron chi connectivity index (χ1n) is 9.06. The number of non-ortho nitro benzene ring substituents is 1. The average Bonchev–Trinajstić information content (AvgIpc) is 2.69. The molecule has 3 rings (SSSR count). The van der Waals surface area contributed by atoms with Gasteiger partial charge < -0.3 is 15.0 Å². The molecule has 1 amide bonds. The maximum Gasteiger partial charge on any atom is 0.271 e. The van der Waals surface area contributed by atoms with E-state index in [1.54, 1.807) is 6.07 Å². The van der Waals surface area contributed by atoms with Crippen molar-refractivity contribution in [3.8, 4) is 5.75 Å². The van der Waals surface area contributed by atoms with Crippen LogP contribution in [-0.2, 0) is 11.2 Å². The molecule has 0 radical (unpaired) electrons. The van der Waals surface area contributed by atoms with Crippen molar-refractivity contribution in [3.05, 3.63) is 57.4 Å². The third kappa shape index (κ3) is 4.05. The lowest BCUT2D eigenvalue weighted by molar-refractivity contribution is -0.384. The lowest BCUT2D eigenvalue weighted by atomic mass is 9.97. The summed E-state index contributed by atoms with van der Waals surface area (Å²) in [5, 5.41) is 13.6. The Labute approximate surface area is 162 Å². The van der Waals surface area contributed by atoms with Crippen molar-refractivity contribution >= 4 is 23.0 Å². The number of rotatable bonds is 6. The summed E-state index contributed by atoms with van der Waals surface area (Å²) in [4.78, 5) is 24.9. The molecule has 28 heavy (non-hydrogen) atoms. The third-order valence-electron chi connectivity index (χ3n) is 4.88. The number of carbonyl (C=O) groups excluding carboxylic acids is 1. The fourth-order valence-electron chi connectivity index (χ4n) is 3.55. The molecule has 1 aliphatic rings. The molecule has 0 unspecified atom stereocenters. The van der Waals surface area contributed by atoms with Gasteiger partial charge in [-0.3, -0.25) is 14.9 Å². The number of nitro benzene ring substituents is 1. The van der Waals surface area contributed by atoms with Gasteiger partial charge in [0.15, 0.2) is 0 Å². The largest absolute Gasteiger partial charge is 0.495 e. The first-order chi connectivity index (χ1) is 13.4. The molecule has 7 nitrogen and oxygen atoms in total. The van der Waals surface area contributed by atoms with Crippen LogP contribution in [0.4, 0.5) is 21.5 Å². The zero-order valence-corrected chi connectivity index (χ0v) is 15.8. The molecule has 0 bridgehead atoms. The Bertz CT molecular complexity index is 917. The van der Waals surface area contributed by atoms with Crippen LogP contribution in [-0.4, -0.2) is 31.0 Å². The van der Waals surface area contributed by atoms with Crippen LogP contribution in [0.5, 0.6) is 5.75 Å². The molecule has 0 spiro atoms. The molecule has 0 saturated heterocycles. The number of methoxy groups -OCH3 is 1. The van der Waals surface area contributed by atoms with E-state index in [1.165, 1.54) is 31.4 Å². The summed E-state index contributed by atoms with van der Waals surface area (Å²) in [5.41, 5.74) is 2.67. The number of nitrogens with zero attached hydrogens (tertiary/aromatic N) is 2. The molecule has 0 aromatic heterocycles. The highest BCUT2D eigenvalue weighted by molar-refractivity contribution is 5.93. The molecule has 0 saturated carbocycles. The van der Waals surface area contributed by atoms with Crippen LogP contribution in [0.15, 0.2) is 30.3 Å². The van der Waals surface area contributed by atoms with Gasteiger partial charge >= 0.3 is 0 Å². The lowest BCUT2D eigenvalue weighted by Crippen LogP contribution is -2.33. The number of nitro groups is 1. The summed E-state index contributed by atoms with van der Waals surface area (Å²) in [7, 11) is 1.43. The molecule has 0 aliphatic carbocycles. The summed E-state index contributed by atoms with van der Waals surface area (Å²) in [5.74, 6) is -0.156. The second-order valence-corrected chi connectivity index (χ2v) is 6.72. The Morgan fingerprint density at radius 3 is 2.86 bits per heavy atom. The van der Waals surface area contributed by atoms with Gasteiger partial charge in [0.1, 0.15) is 11.6 Å². The number of hydrogen-bond acceptors (Lipinski definition) is 5. The average molecular weight is 387 g/mol. The van der Waals surface area contributed by atoms with Crippen molar-refractivity contribution in [2.75, 3.05) is 30.4 Å². The highest BCUT2D eigenvalue weighted by atomic mass is 19.1. The van der Waals surface area contributed by atoms with Gasteiger partial charge in [-0.15, -0.1) is 0 Å². The Morgan fingerprint density at radius 2 is 2.14 bits per heavy atom. The van der Waals surface area contributed by atoms with Crippen LogP contribution >= 0.6 is 0 Å². The van der Waals surface area contributed by atoms with Gasteiger partial charge in [0.2, 0.25) is 5.91 Å². The van der Waals surface area contributed by atoms with E-state index in [4.69, 9.17) is 4.74 Å². The molecule has 0 atom stereocenters. The molecule has 1 heterocycles. The van der Waals surface area contributed by atoms with Gasteiger partial charge in [-0.25, -0.2) is 4.39 Å². The minimum absolute atomic E-state index is 0.132. The van der Waals surface area contributed by atoms with E-state index in [0.717, 1.165) is 24.2 Å². The second kappa shape index (κ2) is 8.24. The van der Waals surface area contributed by atoms with E-state index >= 15 is 0 Å². The van der Waals surface area contributed by atoms with Crippen molar-refractivity contribution in [1.82, 2.24) is 0 Å². The Morgan fingerprint density at radius 1 is 1.36 bits per heavy atom. The molecule has 0 fully saturated rings. The van der Waals surface area contributed by atoms with E-state index in [-0.39, 0.29) is 29.5 Å². The maximum absolute atomic E-state index is 14.1. The zero-order chi connectivity index (χ0) is 20.3. The number of amides is 1. The fraction of sp³-hybridized carbons (Fsp3) is 0.350. The van der Waals surface area contributed by atoms with Crippen molar-refractivity contribution in [3.63, 3.8) is 0 Å². The predicted molar refractivity (Wildman–Crippen MR) is 105 cm³/mol. The Hall–Kier alpha value is -3.16. The number of halogens is 1. The number of nitrogens with one attached hydrogen (secondary N) is 1. The quantitative estimate of drug-likeness (QED) is 0.601. The first kappa shape index (κ1) is 19.6. The van der Waals surface area contributed by atoms with Crippen LogP contribution in [0.2, 0.25) is 0 Å². The van der Waals surface area contributed by atoms with Crippen LogP contribution < -0.4 is 15.0 Å². The summed E-state index contributed by atoms with van der Waals surface area (Å²) in [6.07, 6.45) is 1.69. The van der Waals surface area contributed by atoms with Gasteiger partial charge in [0.05, 0.1) is 17.7 Å². The summed E-state index contributed by atoms with van der Waals surface area (Å²) >= 11 is 0. The molecule has 2 aromatic rings. The standard InChI is InChI=1S/C20H22FN3O4/c1-13-5-7-16(21)15-4-3-10-23(20(13)15)11-9-19(25)22-17-12-14(24(26)27)6-8-18(17)28-2/h5-8,12H,3-4,9-11H2,1-2H3,(H,22,25). The normalized spacial score (nSPS) is 13.0. The van der Waals surface area contributed by atoms with Crippen LogP contribution in [0.25, 0.3) is 0 Å². The molecular formula is C20H22FN3O4. The zero-order valence-electron chi connectivity index (χ0n) is 15.8. The van der Waals surface area contributed by atoms with Crippen molar-refractivity contribution in [2.24, 2.45) is 0 Å². The number of fused-ring (bicyclic) bond motifs is 1. The highest BCUT2D eigenvalue weighted by Gasteiger charge is 2.22. The molecule has 1 aliphatic heterocycles. The maximum atomic E-state index is 14.1. The van der Waals surface area contributed by atoms with Gasteiger partial charge in [-0.2, -0.15) is 0 Å². The van der Waals surface area contributed by atoms with Crippen LogP contribution in [0.1, 0.15) is 24.0 Å². The smallest absolute Gasteiger partial charge is 0.271 e. The van der Waals surface area contributed by atoms with Crippen molar-refractivity contribution in [1.29, 1.82) is 0 Å². The van der Waals surface area contributed by atoms with E-state index < -0.39 is 4.92 Å². The molecular weight excluding hydrogens is 365 g/mol. The molecule has 2 aromatic carbocycles. The fourth-order valence-corrected chi connectivity index (χ4v) is 3.55. The monoisotopic (exact) mass is 387 g/mol. The van der Waals surface area contributed by atoms with E-state index in [1.807, 2.05) is 11.8 Å². The van der Waals surface area contributed by atoms with Gasteiger partial charge in [0, 0.05) is 42.9 Å². The highest BCUT2D eigenvalue weighted by Crippen LogP contribution is 2.33. The molecule has 1 N–H and O–H groups in total. The first-order valence-corrected chi connectivity index (χ1v) is 9.06. The van der Waals surface area contributed by atoms with Crippen molar-refractivity contribution in [2.45, 2.75) is 26.2 Å². The van der Waals surface area contributed by atoms with E-state index in [0.29, 0.717) is 24.3 Å². The minimum Gasteiger partial charge on any atom is -0.495 e. The van der Waals surface area contributed by atoms with E-state index in [2.05, 4.69) is 5.32 Å². The summed E-state index contributed by atoms with van der Waals surface area (Å²) < 4.78 is 19.3.